The quantitative estimate of drug-likeness (QED) is 0.797. The molecule has 0 aromatic heterocycles. The monoisotopic (exact) mass is 261 g/mol. The molecule has 0 aliphatic carbocycles. The summed E-state index contributed by atoms with van der Waals surface area (Å²) in [5.74, 6) is 0.986. The van der Waals surface area contributed by atoms with Crippen molar-refractivity contribution in [3.63, 3.8) is 0 Å². The number of benzene rings is 1. The molecule has 1 fully saturated rings. The fraction of sp³-hybridized carbons (Fsp3) is 0.647. The Bertz CT molecular complexity index is 396. The van der Waals surface area contributed by atoms with Gasteiger partial charge in [0, 0.05) is 12.6 Å². The van der Waals surface area contributed by atoms with E-state index in [-0.39, 0.29) is 0 Å². The van der Waals surface area contributed by atoms with Crippen molar-refractivity contribution in [2.45, 2.75) is 46.6 Å². The Kier molecular flexibility index (Phi) is 4.51. The van der Waals surface area contributed by atoms with Gasteiger partial charge in [0.25, 0.3) is 0 Å². The topological polar surface area (TPSA) is 12.5 Å². The van der Waals surface area contributed by atoms with Gasteiger partial charge in [-0.15, -0.1) is 0 Å². The molecule has 1 heterocycles. The van der Waals surface area contributed by atoms with E-state index < -0.39 is 0 Å². The minimum absolute atomic E-state index is 0.492. The lowest BCUT2D eigenvalue weighted by molar-refractivity contribution is 0.190. The Morgan fingerprint density at radius 1 is 1.26 bits per heavy atom. The lowest BCUT2D eigenvalue weighted by Gasteiger charge is -2.26. The van der Waals surface area contributed by atoms with Crippen LogP contribution in [0.1, 0.15) is 39.2 Å². The third-order valence-electron chi connectivity index (χ3n) is 4.16. The molecule has 0 N–H and O–H groups in total. The van der Waals surface area contributed by atoms with E-state index in [1.165, 1.54) is 25.1 Å². The highest BCUT2D eigenvalue weighted by atomic mass is 16.5. The number of ether oxygens (including phenoxy) is 1. The van der Waals surface area contributed by atoms with Crippen molar-refractivity contribution in [3.8, 4) is 5.75 Å². The largest absolute Gasteiger partial charge is 0.494 e. The summed E-state index contributed by atoms with van der Waals surface area (Å²) in [5.41, 5.74) is 1.77. The van der Waals surface area contributed by atoms with E-state index in [2.05, 4.69) is 56.9 Å². The van der Waals surface area contributed by atoms with Gasteiger partial charge < -0.3 is 4.74 Å². The molecule has 1 aliphatic rings. The average molecular weight is 261 g/mol. The molecule has 19 heavy (non-hydrogen) atoms. The molecular formula is C17H27NO. The van der Waals surface area contributed by atoms with Crippen LogP contribution < -0.4 is 4.74 Å². The van der Waals surface area contributed by atoms with E-state index in [0.717, 1.165) is 18.8 Å². The summed E-state index contributed by atoms with van der Waals surface area (Å²) in [6.45, 7) is 12.4. The van der Waals surface area contributed by atoms with Crippen LogP contribution in [0.2, 0.25) is 0 Å². The highest BCUT2D eigenvalue weighted by Gasteiger charge is 2.31. The van der Waals surface area contributed by atoms with Gasteiger partial charge in [-0.1, -0.05) is 31.5 Å². The second-order valence-electron chi connectivity index (χ2n) is 6.68. The average Bonchev–Trinajstić information content (AvgIpc) is 2.72. The SMILES string of the molecule is Cc1ccc(OCCC(C)N2CCC(C)(C)C2)cc1. The molecule has 1 aromatic rings. The molecule has 1 atom stereocenters. The first-order valence-electron chi connectivity index (χ1n) is 7.40. The molecule has 0 saturated carbocycles. The second-order valence-corrected chi connectivity index (χ2v) is 6.68. The molecule has 1 aromatic carbocycles. The molecule has 106 valence electrons. The van der Waals surface area contributed by atoms with Gasteiger partial charge in [-0.2, -0.15) is 0 Å². The standard InChI is InChI=1S/C17H27NO/c1-14-5-7-16(8-6-14)19-12-9-15(2)18-11-10-17(3,4)13-18/h5-8,15H,9-13H2,1-4H3. The van der Waals surface area contributed by atoms with Gasteiger partial charge >= 0.3 is 0 Å². The third kappa shape index (κ3) is 4.24. The lowest BCUT2D eigenvalue weighted by Crippen LogP contribution is -2.33. The van der Waals surface area contributed by atoms with Gasteiger partial charge in [0.1, 0.15) is 5.75 Å². The number of aryl methyl sites for hydroxylation is 1. The molecule has 1 unspecified atom stereocenters. The Hall–Kier alpha value is -1.02. The van der Waals surface area contributed by atoms with E-state index in [9.17, 15) is 0 Å². The summed E-state index contributed by atoms with van der Waals surface area (Å²) in [7, 11) is 0. The Labute approximate surface area is 117 Å². The molecule has 0 amide bonds. The number of hydrogen-bond donors (Lipinski definition) is 0. The Morgan fingerprint density at radius 3 is 2.53 bits per heavy atom. The zero-order valence-corrected chi connectivity index (χ0v) is 12.8. The zero-order chi connectivity index (χ0) is 13.9. The Balaban J connectivity index is 1.72. The van der Waals surface area contributed by atoms with Gasteiger partial charge in [0.05, 0.1) is 6.61 Å². The fourth-order valence-corrected chi connectivity index (χ4v) is 2.69. The lowest BCUT2D eigenvalue weighted by atomic mass is 9.93. The maximum atomic E-state index is 5.82. The molecule has 2 heteroatoms. The molecule has 1 aliphatic heterocycles. The zero-order valence-electron chi connectivity index (χ0n) is 12.8. The number of hydrogen-bond acceptors (Lipinski definition) is 2. The normalized spacial score (nSPS) is 20.4. The van der Waals surface area contributed by atoms with Gasteiger partial charge in [-0.3, -0.25) is 4.90 Å². The second kappa shape index (κ2) is 5.96. The van der Waals surface area contributed by atoms with Crippen molar-refractivity contribution >= 4 is 0 Å². The van der Waals surface area contributed by atoms with Crippen LogP contribution in [0.4, 0.5) is 0 Å². The van der Waals surface area contributed by atoms with Gasteiger partial charge in [0.15, 0.2) is 0 Å². The van der Waals surface area contributed by atoms with Gasteiger partial charge in [-0.05, 0) is 50.8 Å². The third-order valence-corrected chi connectivity index (χ3v) is 4.16. The molecule has 0 spiro atoms. The van der Waals surface area contributed by atoms with Crippen LogP contribution >= 0.6 is 0 Å². The number of likely N-dealkylation sites (tertiary alicyclic amines) is 1. The van der Waals surface area contributed by atoms with Crippen molar-refractivity contribution in [2.75, 3.05) is 19.7 Å². The molecule has 1 saturated heterocycles. The van der Waals surface area contributed by atoms with Crippen molar-refractivity contribution in [2.24, 2.45) is 5.41 Å². The summed E-state index contributed by atoms with van der Waals surface area (Å²) in [6, 6.07) is 8.92. The fourth-order valence-electron chi connectivity index (χ4n) is 2.69. The van der Waals surface area contributed by atoms with Crippen LogP contribution in [0.5, 0.6) is 5.75 Å². The summed E-state index contributed by atoms with van der Waals surface area (Å²) in [4.78, 5) is 2.60. The van der Waals surface area contributed by atoms with E-state index in [1.807, 2.05) is 0 Å². The predicted octanol–water partition coefficient (Wildman–Crippen LogP) is 3.88. The first-order valence-corrected chi connectivity index (χ1v) is 7.40. The highest BCUT2D eigenvalue weighted by Crippen LogP contribution is 2.30. The highest BCUT2D eigenvalue weighted by molar-refractivity contribution is 5.26. The Morgan fingerprint density at radius 2 is 1.95 bits per heavy atom. The summed E-state index contributed by atoms with van der Waals surface area (Å²) in [6.07, 6.45) is 2.42. The maximum absolute atomic E-state index is 5.82. The van der Waals surface area contributed by atoms with Crippen LogP contribution in [-0.4, -0.2) is 30.6 Å². The molecule has 2 rings (SSSR count). The minimum Gasteiger partial charge on any atom is -0.494 e. The number of nitrogens with zero attached hydrogens (tertiary/aromatic N) is 1. The van der Waals surface area contributed by atoms with E-state index in [0.29, 0.717) is 11.5 Å². The molecule has 0 bridgehead atoms. The first-order chi connectivity index (χ1) is 8.96. The van der Waals surface area contributed by atoms with Crippen LogP contribution in [0.15, 0.2) is 24.3 Å². The predicted molar refractivity (Wildman–Crippen MR) is 80.7 cm³/mol. The van der Waals surface area contributed by atoms with Crippen molar-refractivity contribution in [1.82, 2.24) is 4.90 Å². The molecular weight excluding hydrogens is 234 g/mol. The molecule has 2 nitrogen and oxygen atoms in total. The van der Waals surface area contributed by atoms with Crippen LogP contribution in [0.25, 0.3) is 0 Å². The smallest absolute Gasteiger partial charge is 0.119 e. The van der Waals surface area contributed by atoms with E-state index in [4.69, 9.17) is 4.74 Å². The van der Waals surface area contributed by atoms with Crippen molar-refractivity contribution in [1.29, 1.82) is 0 Å². The minimum atomic E-state index is 0.492. The maximum Gasteiger partial charge on any atom is 0.119 e. The van der Waals surface area contributed by atoms with E-state index >= 15 is 0 Å². The van der Waals surface area contributed by atoms with Crippen molar-refractivity contribution in [3.05, 3.63) is 29.8 Å². The van der Waals surface area contributed by atoms with Crippen LogP contribution in [0, 0.1) is 12.3 Å². The van der Waals surface area contributed by atoms with Gasteiger partial charge in [0.2, 0.25) is 0 Å². The first kappa shape index (κ1) is 14.4. The van der Waals surface area contributed by atoms with Crippen molar-refractivity contribution < 1.29 is 4.74 Å². The number of rotatable bonds is 5. The van der Waals surface area contributed by atoms with Crippen LogP contribution in [-0.2, 0) is 0 Å². The summed E-state index contributed by atoms with van der Waals surface area (Å²) >= 11 is 0. The summed E-state index contributed by atoms with van der Waals surface area (Å²) < 4.78 is 5.82. The van der Waals surface area contributed by atoms with E-state index in [1.54, 1.807) is 0 Å². The summed E-state index contributed by atoms with van der Waals surface area (Å²) in [5, 5.41) is 0. The molecule has 0 radical (unpaired) electrons. The van der Waals surface area contributed by atoms with Gasteiger partial charge in [-0.25, -0.2) is 0 Å². The van der Waals surface area contributed by atoms with Crippen LogP contribution in [0.3, 0.4) is 0 Å².